The second kappa shape index (κ2) is 25.9. The zero-order valence-corrected chi connectivity index (χ0v) is 36.3. The van der Waals surface area contributed by atoms with Crippen LogP contribution in [0.1, 0.15) is 105 Å². The van der Waals surface area contributed by atoms with Crippen molar-refractivity contribution in [3.63, 3.8) is 0 Å². The van der Waals surface area contributed by atoms with Gasteiger partial charge in [-0.25, -0.2) is 0 Å². The SMILES string of the molecule is CCC(NC(=O)[C@H](CC(C)C)NC(=O)[C@@H](NC(=O)[C@H](Cc1ccccc1C)NC(=O)[C@H](CCC(=O)O)NC(=O)[C@H](CC(=O)O)NC(=O)CCCNC(C)=O)C(C)(C)C)B(O)O. The van der Waals surface area contributed by atoms with Crippen molar-refractivity contribution in [2.75, 3.05) is 6.54 Å². The van der Waals surface area contributed by atoms with Gasteiger partial charge < -0.3 is 57.5 Å². The van der Waals surface area contributed by atoms with Gasteiger partial charge in [0.1, 0.15) is 30.2 Å². The summed E-state index contributed by atoms with van der Waals surface area (Å²) in [5.41, 5.74) is 0.355. The van der Waals surface area contributed by atoms with Gasteiger partial charge in [0, 0.05) is 32.7 Å². The van der Waals surface area contributed by atoms with Crippen molar-refractivity contribution in [3.8, 4) is 0 Å². The first-order chi connectivity index (χ1) is 28.4. The van der Waals surface area contributed by atoms with Crippen molar-refractivity contribution in [3.05, 3.63) is 35.4 Å². The smallest absolute Gasteiger partial charge is 0.475 e. The van der Waals surface area contributed by atoms with E-state index in [-0.39, 0.29) is 50.5 Å². The Kier molecular flexibility index (Phi) is 22.7. The van der Waals surface area contributed by atoms with Gasteiger partial charge in [-0.1, -0.05) is 65.8 Å². The second-order valence-electron chi connectivity index (χ2n) is 16.4. The summed E-state index contributed by atoms with van der Waals surface area (Å²) >= 11 is 0. The standard InChI is InChI=1S/C40H64BN7O13/c1-9-30(41(60)61)47-37(57)27(19-22(2)3)46-39(59)34(40(6,7)8)48-38(58)28(20-25-14-11-10-13-23(25)4)45-35(55)26(16-17-32(51)52)44-36(56)29(21-33(53)54)43-31(50)15-12-18-42-24(5)49/h10-11,13-14,22,26-30,34,60-61H,9,12,15-21H2,1-8H3,(H,42,49)(H,43,50)(H,44,56)(H,45,55)(H,46,59)(H,47,57)(H,48,58)(H,51,52)(H,53,54)/t26-,27-,28-,29-,30?,34+/m0/s1. The molecule has 0 bridgehead atoms. The van der Waals surface area contributed by atoms with Crippen LogP contribution in [0.5, 0.6) is 0 Å². The van der Waals surface area contributed by atoms with Crippen molar-refractivity contribution in [2.24, 2.45) is 11.3 Å². The summed E-state index contributed by atoms with van der Waals surface area (Å²) in [4.78, 5) is 116. The Bertz CT molecular complexity index is 1700. The van der Waals surface area contributed by atoms with Crippen LogP contribution in [0, 0.1) is 18.3 Å². The molecule has 7 amide bonds. The Morgan fingerprint density at radius 2 is 1.26 bits per heavy atom. The highest BCUT2D eigenvalue weighted by molar-refractivity contribution is 6.43. The monoisotopic (exact) mass is 861 g/mol. The van der Waals surface area contributed by atoms with E-state index < -0.39 is 115 Å². The van der Waals surface area contributed by atoms with E-state index >= 15 is 0 Å². The zero-order chi connectivity index (χ0) is 46.6. The van der Waals surface area contributed by atoms with E-state index in [1.165, 1.54) is 6.92 Å². The van der Waals surface area contributed by atoms with E-state index in [9.17, 15) is 63.4 Å². The van der Waals surface area contributed by atoms with Crippen molar-refractivity contribution in [1.82, 2.24) is 37.2 Å². The molecule has 6 atom stereocenters. The number of hydrogen-bond donors (Lipinski definition) is 11. The number of carboxylic acid groups (broad SMARTS) is 2. The maximum absolute atomic E-state index is 14.3. The van der Waals surface area contributed by atoms with Crippen LogP contribution in [0.15, 0.2) is 24.3 Å². The predicted molar refractivity (Wildman–Crippen MR) is 223 cm³/mol. The first kappa shape index (κ1) is 53.5. The van der Waals surface area contributed by atoms with E-state index in [0.717, 1.165) is 5.56 Å². The average Bonchev–Trinajstić information content (AvgIpc) is 3.14. The number of nitrogens with one attached hydrogen (secondary N) is 7. The number of carbonyl (C=O) groups is 9. The molecule has 0 aliphatic rings. The van der Waals surface area contributed by atoms with E-state index in [2.05, 4.69) is 37.2 Å². The van der Waals surface area contributed by atoms with Gasteiger partial charge in [0.25, 0.3) is 0 Å². The average molecular weight is 862 g/mol. The molecule has 61 heavy (non-hydrogen) atoms. The molecule has 1 aromatic carbocycles. The normalized spacial score (nSPS) is 14.1. The fourth-order valence-corrected chi connectivity index (χ4v) is 6.06. The number of benzene rings is 1. The van der Waals surface area contributed by atoms with Crippen LogP contribution in [0.25, 0.3) is 0 Å². The maximum atomic E-state index is 14.3. The third-order valence-corrected chi connectivity index (χ3v) is 9.47. The topological polar surface area (TPSA) is 319 Å². The number of aliphatic carboxylic acids is 2. The molecule has 340 valence electrons. The van der Waals surface area contributed by atoms with Crippen molar-refractivity contribution in [1.29, 1.82) is 0 Å². The molecule has 0 saturated heterocycles. The minimum atomic E-state index is -1.85. The molecular weight excluding hydrogens is 797 g/mol. The predicted octanol–water partition coefficient (Wildman–Crippen LogP) is -0.784. The van der Waals surface area contributed by atoms with E-state index in [1.807, 2.05) is 13.8 Å². The minimum Gasteiger partial charge on any atom is -0.481 e. The van der Waals surface area contributed by atoms with Crippen LogP contribution in [-0.4, -0.2) is 123 Å². The third-order valence-electron chi connectivity index (χ3n) is 9.47. The summed E-state index contributed by atoms with van der Waals surface area (Å²) in [6.07, 6.45) is -1.86. The molecule has 1 rings (SSSR count). The van der Waals surface area contributed by atoms with E-state index in [1.54, 1.807) is 58.9 Å². The van der Waals surface area contributed by atoms with Gasteiger partial charge in [0.2, 0.25) is 41.4 Å². The van der Waals surface area contributed by atoms with Crippen molar-refractivity contribution >= 4 is 60.4 Å². The third kappa shape index (κ3) is 20.5. The summed E-state index contributed by atoms with van der Waals surface area (Å²) in [6.45, 7) is 13.4. The highest BCUT2D eigenvalue weighted by Gasteiger charge is 2.38. The second-order valence-corrected chi connectivity index (χ2v) is 16.4. The Labute approximate surface area is 356 Å². The quantitative estimate of drug-likeness (QED) is 0.0403. The molecule has 21 heteroatoms. The van der Waals surface area contributed by atoms with Gasteiger partial charge in [0.15, 0.2) is 0 Å². The summed E-state index contributed by atoms with van der Waals surface area (Å²) in [7, 11) is -1.85. The summed E-state index contributed by atoms with van der Waals surface area (Å²) in [6, 6.07) is -0.300. The number of aryl methyl sites for hydroxylation is 1. The Morgan fingerprint density at radius 1 is 0.705 bits per heavy atom. The Balaban J connectivity index is 3.52. The lowest BCUT2D eigenvalue weighted by atomic mass is 9.77. The fraction of sp³-hybridized carbons (Fsp3) is 0.625. The van der Waals surface area contributed by atoms with Crippen LogP contribution < -0.4 is 37.2 Å². The molecule has 1 unspecified atom stereocenters. The number of hydrogen-bond acceptors (Lipinski definition) is 11. The molecule has 0 radical (unpaired) electrons. The summed E-state index contributed by atoms with van der Waals surface area (Å²) in [5, 5.41) is 55.9. The number of rotatable bonds is 26. The van der Waals surface area contributed by atoms with Crippen LogP contribution in [0.3, 0.4) is 0 Å². The molecule has 0 heterocycles. The highest BCUT2D eigenvalue weighted by atomic mass is 16.4. The molecule has 0 saturated carbocycles. The van der Waals surface area contributed by atoms with Gasteiger partial charge in [-0.15, -0.1) is 0 Å². The fourth-order valence-electron chi connectivity index (χ4n) is 6.06. The lowest BCUT2D eigenvalue weighted by Gasteiger charge is -2.34. The van der Waals surface area contributed by atoms with E-state index in [0.29, 0.717) is 5.56 Å². The van der Waals surface area contributed by atoms with Crippen LogP contribution in [0.2, 0.25) is 0 Å². The van der Waals surface area contributed by atoms with Gasteiger partial charge >= 0.3 is 19.1 Å². The van der Waals surface area contributed by atoms with Gasteiger partial charge in [-0.05, 0) is 55.1 Å². The minimum absolute atomic E-state index is 0.0991. The first-order valence-corrected chi connectivity index (χ1v) is 20.3. The molecule has 11 N–H and O–H groups in total. The van der Waals surface area contributed by atoms with Crippen LogP contribution in [-0.2, 0) is 49.6 Å². The van der Waals surface area contributed by atoms with E-state index in [4.69, 9.17) is 0 Å². The number of carbonyl (C=O) groups excluding carboxylic acids is 7. The number of carboxylic acids is 2. The van der Waals surface area contributed by atoms with Gasteiger partial charge in [-0.2, -0.15) is 0 Å². The molecular formula is C40H64BN7O13. The van der Waals surface area contributed by atoms with Crippen molar-refractivity contribution in [2.45, 2.75) is 143 Å². The lowest BCUT2D eigenvalue weighted by Crippen LogP contribution is -2.62. The lowest BCUT2D eigenvalue weighted by molar-refractivity contribution is -0.141. The number of amides is 7. The molecule has 0 spiro atoms. The Morgan fingerprint density at radius 3 is 1.79 bits per heavy atom. The van der Waals surface area contributed by atoms with Crippen molar-refractivity contribution < 1.29 is 63.4 Å². The molecule has 0 aromatic heterocycles. The van der Waals surface area contributed by atoms with Gasteiger partial charge in [0.05, 0.1) is 12.4 Å². The maximum Gasteiger partial charge on any atom is 0.475 e. The molecule has 0 fully saturated rings. The van der Waals surface area contributed by atoms with Crippen LogP contribution in [0.4, 0.5) is 0 Å². The molecule has 0 aliphatic carbocycles. The molecule has 1 aromatic rings. The summed E-state index contributed by atoms with van der Waals surface area (Å²) in [5.74, 6) is -9.40. The Hall–Kier alpha value is -5.57. The highest BCUT2D eigenvalue weighted by Crippen LogP contribution is 2.21. The first-order valence-electron chi connectivity index (χ1n) is 20.3. The zero-order valence-electron chi connectivity index (χ0n) is 36.3. The molecule has 20 nitrogen and oxygen atoms in total. The molecule has 0 aliphatic heterocycles. The summed E-state index contributed by atoms with van der Waals surface area (Å²) < 4.78 is 0. The van der Waals surface area contributed by atoms with Gasteiger partial charge in [-0.3, -0.25) is 43.2 Å². The largest absolute Gasteiger partial charge is 0.481 e. The van der Waals surface area contributed by atoms with Crippen LogP contribution >= 0.6 is 0 Å².